The van der Waals surface area contributed by atoms with Crippen molar-refractivity contribution in [3.63, 3.8) is 0 Å². The van der Waals surface area contributed by atoms with Crippen LogP contribution in [-0.4, -0.2) is 31.4 Å². The smallest absolute Gasteiger partial charge is 0.236 e. The van der Waals surface area contributed by atoms with Crippen LogP contribution in [0.4, 0.5) is 10.1 Å². The van der Waals surface area contributed by atoms with Crippen molar-refractivity contribution >= 4 is 17.5 Å². The Morgan fingerprint density at radius 2 is 1.85 bits per heavy atom. The third-order valence-electron chi connectivity index (χ3n) is 2.63. The Balaban J connectivity index is 2.95. The van der Waals surface area contributed by atoms with E-state index < -0.39 is 17.6 Å². The first-order chi connectivity index (χ1) is 9.43. The van der Waals surface area contributed by atoms with Crippen LogP contribution in [0.3, 0.4) is 0 Å². The lowest BCUT2D eigenvalue weighted by Gasteiger charge is -2.22. The number of hydrogen-bond acceptors (Lipinski definition) is 4. The zero-order valence-corrected chi connectivity index (χ0v) is 11.4. The maximum Gasteiger partial charge on any atom is 0.236 e. The van der Waals surface area contributed by atoms with Crippen molar-refractivity contribution in [2.75, 3.05) is 24.5 Å². The summed E-state index contributed by atoms with van der Waals surface area (Å²) in [5.41, 5.74) is 11.1. The van der Waals surface area contributed by atoms with Crippen molar-refractivity contribution in [3.05, 3.63) is 29.6 Å². The van der Waals surface area contributed by atoms with Crippen molar-refractivity contribution in [1.29, 1.82) is 0 Å². The maximum absolute atomic E-state index is 14.1. The number of anilines is 1. The third kappa shape index (κ3) is 4.85. The molecule has 0 saturated heterocycles. The zero-order valence-electron chi connectivity index (χ0n) is 11.4. The molecule has 0 fully saturated rings. The van der Waals surface area contributed by atoms with Gasteiger partial charge in [0.25, 0.3) is 0 Å². The van der Waals surface area contributed by atoms with Gasteiger partial charge in [0.15, 0.2) is 0 Å². The largest absolute Gasteiger partial charge is 0.368 e. The second-order valence-corrected chi connectivity index (χ2v) is 4.35. The summed E-state index contributed by atoms with van der Waals surface area (Å²) in [6, 6.07) is 4.58. The number of amides is 2. The summed E-state index contributed by atoms with van der Waals surface area (Å²) in [7, 11) is 0. The number of carbonyl (C=O) groups excluding carboxylic acids is 2. The van der Waals surface area contributed by atoms with Gasteiger partial charge in [-0.2, -0.15) is 0 Å². The van der Waals surface area contributed by atoms with Gasteiger partial charge in [0.05, 0.1) is 18.8 Å². The number of halogens is 1. The lowest BCUT2D eigenvalue weighted by atomic mass is 10.1. The molecule has 0 aromatic heterocycles. The van der Waals surface area contributed by atoms with E-state index in [2.05, 4.69) is 5.32 Å². The van der Waals surface area contributed by atoms with Crippen molar-refractivity contribution in [1.82, 2.24) is 5.32 Å². The van der Waals surface area contributed by atoms with E-state index in [0.717, 1.165) is 12.1 Å². The zero-order chi connectivity index (χ0) is 15.1. The second-order valence-electron chi connectivity index (χ2n) is 4.35. The van der Waals surface area contributed by atoms with E-state index in [1.807, 2.05) is 6.92 Å². The Labute approximate surface area is 116 Å². The number of nitrogens with one attached hydrogen (secondary N) is 1. The van der Waals surface area contributed by atoms with Gasteiger partial charge in [0, 0.05) is 6.54 Å². The van der Waals surface area contributed by atoms with Gasteiger partial charge in [-0.25, -0.2) is 4.39 Å². The average Bonchev–Trinajstić information content (AvgIpc) is 2.34. The molecule has 7 heteroatoms. The van der Waals surface area contributed by atoms with E-state index in [-0.39, 0.29) is 18.8 Å². The van der Waals surface area contributed by atoms with E-state index >= 15 is 0 Å². The predicted octanol–water partition coefficient (Wildman–Crippen LogP) is -0.288. The Morgan fingerprint density at radius 1 is 1.25 bits per heavy atom. The molecule has 1 rings (SSSR count). The van der Waals surface area contributed by atoms with Gasteiger partial charge in [0.1, 0.15) is 5.82 Å². The maximum atomic E-state index is 14.1. The molecule has 1 aromatic carbocycles. The number of nitrogens with two attached hydrogens (primary N) is 2. The fourth-order valence-electron chi connectivity index (χ4n) is 1.79. The second kappa shape index (κ2) is 7.44. The summed E-state index contributed by atoms with van der Waals surface area (Å²) < 4.78 is 14.1. The van der Waals surface area contributed by atoms with Crippen LogP contribution < -0.4 is 21.7 Å². The Hall–Kier alpha value is -2.15. The summed E-state index contributed by atoms with van der Waals surface area (Å²) in [5.74, 6) is -1.85. The van der Waals surface area contributed by atoms with Gasteiger partial charge >= 0.3 is 0 Å². The van der Waals surface area contributed by atoms with Crippen LogP contribution in [0.15, 0.2) is 18.2 Å². The molecule has 1 aromatic rings. The molecule has 0 aliphatic rings. The van der Waals surface area contributed by atoms with Crippen LogP contribution in [-0.2, 0) is 16.1 Å². The number of hydrogen-bond donors (Lipinski definition) is 3. The SMILES string of the molecule is CCNCc1ccc(N(CC(N)=O)CC(N)=O)c(F)c1. The molecule has 0 aliphatic carbocycles. The summed E-state index contributed by atoms with van der Waals surface area (Å²) in [4.78, 5) is 23.2. The molecule has 20 heavy (non-hydrogen) atoms. The van der Waals surface area contributed by atoms with Gasteiger partial charge in [-0.1, -0.05) is 13.0 Å². The van der Waals surface area contributed by atoms with E-state index in [4.69, 9.17) is 11.5 Å². The lowest BCUT2D eigenvalue weighted by Crippen LogP contribution is -2.40. The van der Waals surface area contributed by atoms with Crippen LogP contribution in [0.25, 0.3) is 0 Å². The fourth-order valence-corrected chi connectivity index (χ4v) is 1.79. The van der Waals surface area contributed by atoms with E-state index in [1.165, 1.54) is 17.0 Å². The third-order valence-corrected chi connectivity index (χ3v) is 2.63. The topological polar surface area (TPSA) is 101 Å². The lowest BCUT2D eigenvalue weighted by molar-refractivity contribution is -0.117. The highest BCUT2D eigenvalue weighted by atomic mass is 19.1. The van der Waals surface area contributed by atoms with Gasteiger partial charge in [0.2, 0.25) is 11.8 Å². The molecule has 2 amide bonds. The summed E-state index contributed by atoms with van der Waals surface area (Å²) in [6.45, 7) is 2.73. The minimum Gasteiger partial charge on any atom is -0.368 e. The molecule has 0 spiro atoms. The van der Waals surface area contributed by atoms with E-state index in [9.17, 15) is 14.0 Å². The molecule has 0 atom stereocenters. The highest BCUT2D eigenvalue weighted by molar-refractivity contribution is 5.84. The van der Waals surface area contributed by atoms with Crippen LogP contribution in [0, 0.1) is 5.82 Å². The number of primary amides is 2. The van der Waals surface area contributed by atoms with Crippen molar-refractivity contribution < 1.29 is 14.0 Å². The van der Waals surface area contributed by atoms with Crippen LogP contribution >= 0.6 is 0 Å². The Kier molecular flexibility index (Phi) is 5.92. The first-order valence-electron chi connectivity index (χ1n) is 6.24. The highest BCUT2D eigenvalue weighted by Crippen LogP contribution is 2.20. The number of carbonyl (C=O) groups is 2. The van der Waals surface area contributed by atoms with E-state index in [1.54, 1.807) is 6.07 Å². The molecule has 5 N–H and O–H groups in total. The molecule has 0 radical (unpaired) electrons. The van der Waals surface area contributed by atoms with Gasteiger partial charge < -0.3 is 21.7 Å². The van der Waals surface area contributed by atoms with E-state index in [0.29, 0.717) is 6.54 Å². The van der Waals surface area contributed by atoms with Crippen LogP contribution in [0.1, 0.15) is 12.5 Å². The van der Waals surface area contributed by atoms with Gasteiger partial charge in [-0.05, 0) is 24.2 Å². The van der Waals surface area contributed by atoms with Crippen molar-refractivity contribution in [2.45, 2.75) is 13.5 Å². The molecular weight excluding hydrogens is 263 g/mol. The minimum absolute atomic E-state index is 0.128. The monoisotopic (exact) mass is 282 g/mol. The number of rotatable bonds is 8. The van der Waals surface area contributed by atoms with Gasteiger partial charge in [-0.3, -0.25) is 9.59 Å². The van der Waals surface area contributed by atoms with Crippen molar-refractivity contribution in [2.24, 2.45) is 11.5 Å². The fraction of sp³-hybridized carbons (Fsp3) is 0.385. The average molecular weight is 282 g/mol. The standard InChI is InChI=1S/C13H19FN4O2/c1-2-17-6-9-3-4-11(10(14)5-9)18(7-12(15)19)8-13(16)20/h3-5,17H,2,6-8H2,1H3,(H2,15,19)(H2,16,20). The number of benzene rings is 1. The molecule has 0 bridgehead atoms. The molecule has 0 unspecified atom stereocenters. The molecule has 110 valence electrons. The molecule has 0 aliphatic heterocycles. The molecule has 0 heterocycles. The molecule has 6 nitrogen and oxygen atoms in total. The Bertz CT molecular complexity index is 477. The highest BCUT2D eigenvalue weighted by Gasteiger charge is 2.16. The van der Waals surface area contributed by atoms with Gasteiger partial charge in [-0.15, -0.1) is 0 Å². The summed E-state index contributed by atoms with van der Waals surface area (Å²) in [5, 5.41) is 3.08. The van der Waals surface area contributed by atoms with Crippen molar-refractivity contribution in [3.8, 4) is 0 Å². The predicted molar refractivity (Wildman–Crippen MR) is 74.4 cm³/mol. The quantitative estimate of drug-likeness (QED) is 0.610. The van der Waals surface area contributed by atoms with Crippen LogP contribution in [0.5, 0.6) is 0 Å². The molecular formula is C13H19FN4O2. The molecule has 0 saturated carbocycles. The number of nitrogens with zero attached hydrogens (tertiary/aromatic N) is 1. The minimum atomic E-state index is -0.664. The normalized spacial score (nSPS) is 10.3. The summed E-state index contributed by atoms with van der Waals surface area (Å²) in [6.07, 6.45) is 0. The Morgan fingerprint density at radius 3 is 2.30 bits per heavy atom. The summed E-state index contributed by atoms with van der Waals surface area (Å²) >= 11 is 0. The first-order valence-corrected chi connectivity index (χ1v) is 6.24. The first kappa shape index (κ1) is 15.9. The van der Waals surface area contributed by atoms with Crippen LogP contribution in [0.2, 0.25) is 0 Å².